The summed E-state index contributed by atoms with van der Waals surface area (Å²) in [5.41, 5.74) is 1.63. The van der Waals surface area contributed by atoms with Gasteiger partial charge in [0.25, 0.3) is 5.56 Å². The Morgan fingerprint density at radius 2 is 2.05 bits per heavy atom. The summed E-state index contributed by atoms with van der Waals surface area (Å²) >= 11 is 1.81. The molecule has 0 fully saturated rings. The third-order valence-corrected chi connectivity index (χ3v) is 4.28. The number of rotatable bonds is 5. The predicted molar refractivity (Wildman–Crippen MR) is 81.3 cm³/mol. The van der Waals surface area contributed by atoms with Gasteiger partial charge in [0.1, 0.15) is 5.82 Å². The van der Waals surface area contributed by atoms with Gasteiger partial charge in [-0.3, -0.25) is 4.79 Å². The Hall–Kier alpha value is -1.55. The van der Waals surface area contributed by atoms with Crippen molar-refractivity contribution in [2.45, 2.75) is 31.3 Å². The second-order valence-electron chi connectivity index (χ2n) is 4.47. The van der Waals surface area contributed by atoms with Crippen molar-refractivity contribution >= 4 is 11.8 Å². The molecule has 2 aromatic rings. The third kappa shape index (κ3) is 3.96. The molecule has 1 aromatic heterocycles. The number of thioether (sulfide) groups is 1. The van der Waals surface area contributed by atoms with E-state index in [0.29, 0.717) is 5.25 Å². The molecule has 4 heteroatoms. The molecule has 1 aromatic carbocycles. The summed E-state index contributed by atoms with van der Waals surface area (Å²) in [6.07, 6.45) is 1.12. The predicted octanol–water partition coefficient (Wildman–Crippen LogP) is 3.47. The molecule has 0 aliphatic heterocycles. The molecule has 19 heavy (non-hydrogen) atoms. The number of hydrogen-bond acceptors (Lipinski definition) is 3. The van der Waals surface area contributed by atoms with E-state index in [-0.39, 0.29) is 5.56 Å². The van der Waals surface area contributed by atoms with Gasteiger partial charge in [-0.05, 0) is 6.42 Å². The summed E-state index contributed by atoms with van der Waals surface area (Å²) in [5, 5.41) is 0.575. The van der Waals surface area contributed by atoms with E-state index in [2.05, 4.69) is 23.8 Å². The van der Waals surface area contributed by atoms with Crippen LogP contribution in [0.5, 0.6) is 0 Å². The first-order chi connectivity index (χ1) is 9.19. The average molecular weight is 274 g/mol. The van der Waals surface area contributed by atoms with Gasteiger partial charge in [0.2, 0.25) is 0 Å². The number of nitrogens with one attached hydrogen (secondary N) is 1. The second kappa shape index (κ2) is 6.57. The molecular formula is C15H18N2OS. The lowest BCUT2D eigenvalue weighted by Crippen LogP contribution is -2.11. The van der Waals surface area contributed by atoms with Gasteiger partial charge in [-0.25, -0.2) is 4.98 Å². The van der Waals surface area contributed by atoms with E-state index in [4.69, 9.17) is 0 Å². The molecule has 0 bridgehead atoms. The highest BCUT2D eigenvalue weighted by Gasteiger charge is 2.06. The molecule has 0 aliphatic carbocycles. The number of hydrogen-bond donors (Lipinski definition) is 1. The number of H-pyrrole nitrogens is 1. The molecule has 0 saturated carbocycles. The quantitative estimate of drug-likeness (QED) is 0.908. The first-order valence-corrected chi connectivity index (χ1v) is 7.51. The van der Waals surface area contributed by atoms with Crippen LogP contribution in [0.1, 0.15) is 26.1 Å². The van der Waals surface area contributed by atoms with Crippen LogP contribution in [0.3, 0.4) is 0 Å². The van der Waals surface area contributed by atoms with Crippen molar-refractivity contribution in [2.24, 2.45) is 0 Å². The highest BCUT2D eigenvalue weighted by atomic mass is 32.2. The number of aromatic amines is 1. The van der Waals surface area contributed by atoms with Crippen molar-refractivity contribution in [1.29, 1.82) is 0 Å². The largest absolute Gasteiger partial charge is 0.310 e. The van der Waals surface area contributed by atoms with Crippen LogP contribution >= 0.6 is 11.8 Å². The first-order valence-electron chi connectivity index (χ1n) is 6.46. The Morgan fingerprint density at radius 1 is 1.32 bits per heavy atom. The summed E-state index contributed by atoms with van der Waals surface area (Å²) in [6.45, 7) is 4.35. The maximum Gasteiger partial charge on any atom is 0.251 e. The molecule has 100 valence electrons. The molecule has 1 heterocycles. The number of benzene rings is 1. The lowest BCUT2D eigenvalue weighted by molar-refractivity contribution is 0.900. The Morgan fingerprint density at radius 3 is 2.74 bits per heavy atom. The van der Waals surface area contributed by atoms with Gasteiger partial charge in [0.05, 0.1) is 11.4 Å². The fourth-order valence-electron chi connectivity index (χ4n) is 1.67. The minimum absolute atomic E-state index is 0.0893. The standard InChI is InChI=1S/C15H18N2OS/c1-3-11(2)19-10-14-16-13(9-15(18)17-14)12-7-5-4-6-8-12/h4-9,11H,3,10H2,1-2H3,(H,16,17,18). The highest BCUT2D eigenvalue weighted by molar-refractivity contribution is 7.99. The minimum atomic E-state index is -0.0893. The summed E-state index contributed by atoms with van der Waals surface area (Å²) in [4.78, 5) is 19.0. The van der Waals surface area contributed by atoms with Crippen LogP contribution in [0, 0.1) is 0 Å². The van der Waals surface area contributed by atoms with E-state index in [9.17, 15) is 4.79 Å². The Kier molecular flexibility index (Phi) is 4.80. The zero-order valence-electron chi connectivity index (χ0n) is 11.2. The summed E-state index contributed by atoms with van der Waals surface area (Å²) < 4.78 is 0. The summed E-state index contributed by atoms with van der Waals surface area (Å²) in [5.74, 6) is 1.49. The van der Waals surface area contributed by atoms with Crippen LogP contribution in [0.4, 0.5) is 0 Å². The minimum Gasteiger partial charge on any atom is -0.310 e. The molecule has 0 saturated heterocycles. The molecule has 0 radical (unpaired) electrons. The van der Waals surface area contributed by atoms with E-state index < -0.39 is 0 Å². The zero-order chi connectivity index (χ0) is 13.7. The Bertz CT molecular complexity index is 580. The number of nitrogens with zero attached hydrogens (tertiary/aromatic N) is 1. The SMILES string of the molecule is CCC(C)SCc1nc(-c2ccccc2)cc(=O)[nH]1. The lowest BCUT2D eigenvalue weighted by Gasteiger charge is -2.08. The van der Waals surface area contributed by atoms with Gasteiger partial charge in [0, 0.05) is 16.9 Å². The topological polar surface area (TPSA) is 45.8 Å². The van der Waals surface area contributed by atoms with Gasteiger partial charge in [0.15, 0.2) is 0 Å². The maximum absolute atomic E-state index is 11.7. The average Bonchev–Trinajstić information content (AvgIpc) is 2.45. The smallest absolute Gasteiger partial charge is 0.251 e. The van der Waals surface area contributed by atoms with Crippen LogP contribution in [-0.4, -0.2) is 15.2 Å². The molecule has 0 aliphatic rings. The molecule has 1 unspecified atom stereocenters. The normalized spacial score (nSPS) is 12.3. The maximum atomic E-state index is 11.7. The molecular weight excluding hydrogens is 256 g/mol. The molecule has 1 atom stereocenters. The van der Waals surface area contributed by atoms with Crippen molar-refractivity contribution < 1.29 is 0 Å². The molecule has 2 rings (SSSR count). The van der Waals surface area contributed by atoms with Crippen LogP contribution in [0.2, 0.25) is 0 Å². The van der Waals surface area contributed by atoms with E-state index in [1.807, 2.05) is 42.1 Å². The lowest BCUT2D eigenvalue weighted by atomic mass is 10.1. The molecule has 3 nitrogen and oxygen atoms in total. The van der Waals surface area contributed by atoms with Crippen molar-refractivity contribution in [1.82, 2.24) is 9.97 Å². The molecule has 1 N–H and O–H groups in total. The zero-order valence-corrected chi connectivity index (χ0v) is 12.0. The second-order valence-corrected chi connectivity index (χ2v) is 5.90. The van der Waals surface area contributed by atoms with Gasteiger partial charge >= 0.3 is 0 Å². The van der Waals surface area contributed by atoms with E-state index in [0.717, 1.165) is 29.3 Å². The van der Waals surface area contributed by atoms with Crippen molar-refractivity contribution in [3.8, 4) is 11.3 Å². The summed E-state index contributed by atoms with van der Waals surface area (Å²) in [7, 11) is 0. The third-order valence-electron chi connectivity index (χ3n) is 2.94. The monoisotopic (exact) mass is 274 g/mol. The van der Waals surface area contributed by atoms with Gasteiger partial charge < -0.3 is 4.98 Å². The molecule has 0 spiro atoms. The number of aromatic nitrogens is 2. The Labute approximate surface area is 117 Å². The van der Waals surface area contributed by atoms with Crippen molar-refractivity contribution in [3.05, 3.63) is 52.6 Å². The van der Waals surface area contributed by atoms with Gasteiger partial charge in [-0.1, -0.05) is 44.2 Å². The van der Waals surface area contributed by atoms with Gasteiger partial charge in [-0.15, -0.1) is 0 Å². The van der Waals surface area contributed by atoms with Crippen molar-refractivity contribution in [3.63, 3.8) is 0 Å². The van der Waals surface area contributed by atoms with Crippen LogP contribution in [0.25, 0.3) is 11.3 Å². The highest BCUT2D eigenvalue weighted by Crippen LogP contribution is 2.19. The fourth-order valence-corrected chi connectivity index (χ4v) is 2.49. The Balaban J connectivity index is 2.23. The first kappa shape index (κ1) is 13.9. The van der Waals surface area contributed by atoms with Crippen LogP contribution in [-0.2, 0) is 5.75 Å². The van der Waals surface area contributed by atoms with Gasteiger partial charge in [-0.2, -0.15) is 11.8 Å². The van der Waals surface area contributed by atoms with Crippen LogP contribution < -0.4 is 5.56 Å². The summed E-state index contributed by atoms with van der Waals surface area (Å²) in [6, 6.07) is 11.3. The fraction of sp³-hybridized carbons (Fsp3) is 0.333. The van der Waals surface area contributed by atoms with E-state index >= 15 is 0 Å². The van der Waals surface area contributed by atoms with Crippen molar-refractivity contribution in [2.75, 3.05) is 0 Å². The van der Waals surface area contributed by atoms with E-state index in [1.54, 1.807) is 6.07 Å². The van der Waals surface area contributed by atoms with Crippen LogP contribution in [0.15, 0.2) is 41.2 Å². The molecule has 0 amide bonds. The van der Waals surface area contributed by atoms with E-state index in [1.165, 1.54) is 0 Å².